The molecule has 0 bridgehead atoms. The zero-order chi connectivity index (χ0) is 11.8. The van der Waals surface area contributed by atoms with Crippen molar-refractivity contribution in [2.45, 2.75) is 32.6 Å². The molecule has 2 rings (SSSR count). The number of piperidine rings is 1. The Morgan fingerprint density at radius 2 is 2.00 bits per heavy atom. The van der Waals surface area contributed by atoms with E-state index in [4.69, 9.17) is 4.74 Å². The molecule has 2 fully saturated rings. The quantitative estimate of drug-likeness (QED) is 0.804. The molecule has 0 aromatic rings. The average Bonchev–Trinajstić information content (AvgIpc) is 2.62. The summed E-state index contributed by atoms with van der Waals surface area (Å²) in [6, 6.07) is 0. The van der Waals surface area contributed by atoms with E-state index in [9.17, 15) is 8.78 Å². The van der Waals surface area contributed by atoms with Gasteiger partial charge in [0.15, 0.2) is 0 Å². The minimum atomic E-state index is -2.53. The molecule has 1 aliphatic heterocycles. The summed E-state index contributed by atoms with van der Waals surface area (Å²) in [6.07, 6.45) is 2.32. The van der Waals surface area contributed by atoms with Crippen LogP contribution in [0, 0.1) is 17.3 Å². The fourth-order valence-corrected chi connectivity index (χ4v) is 2.49. The fraction of sp³-hybridized carbons (Fsp3) is 1.00. The number of ether oxygens (including phenoxy) is 1. The topological polar surface area (TPSA) is 21.3 Å². The van der Waals surface area contributed by atoms with E-state index < -0.39 is 17.3 Å². The van der Waals surface area contributed by atoms with Gasteiger partial charge in [-0.3, -0.25) is 0 Å². The zero-order valence-electron chi connectivity index (χ0n) is 10.1. The van der Waals surface area contributed by atoms with Gasteiger partial charge >= 0.3 is 0 Å². The van der Waals surface area contributed by atoms with Gasteiger partial charge in [0.05, 0.1) is 19.1 Å². The third-order valence-corrected chi connectivity index (χ3v) is 4.12. The number of halogens is 2. The Labute approximate surface area is 95.7 Å². The molecule has 1 N–H and O–H groups in total. The largest absolute Gasteiger partial charge is 0.381 e. The Bertz CT molecular complexity index is 235. The first kappa shape index (κ1) is 12.2. The smallest absolute Gasteiger partial charge is 0.259 e. The van der Waals surface area contributed by atoms with Crippen LogP contribution >= 0.6 is 0 Å². The Morgan fingerprint density at radius 3 is 2.50 bits per heavy atom. The van der Waals surface area contributed by atoms with E-state index in [1.165, 1.54) is 6.42 Å². The second kappa shape index (κ2) is 4.22. The molecule has 0 radical (unpaired) electrons. The molecule has 16 heavy (non-hydrogen) atoms. The van der Waals surface area contributed by atoms with Crippen molar-refractivity contribution < 1.29 is 13.5 Å². The maximum absolute atomic E-state index is 13.2. The Hall–Kier alpha value is -0.220. The summed E-state index contributed by atoms with van der Waals surface area (Å²) in [4.78, 5) is 0. The van der Waals surface area contributed by atoms with Gasteiger partial charge in [0, 0.05) is 12.0 Å². The fourth-order valence-electron chi connectivity index (χ4n) is 2.49. The van der Waals surface area contributed by atoms with Gasteiger partial charge in [-0.05, 0) is 25.3 Å². The van der Waals surface area contributed by atoms with Gasteiger partial charge in [-0.15, -0.1) is 0 Å². The monoisotopic (exact) mass is 233 g/mol. The molecule has 0 amide bonds. The van der Waals surface area contributed by atoms with Gasteiger partial charge in [-0.2, -0.15) is 0 Å². The third kappa shape index (κ3) is 2.09. The Balaban J connectivity index is 1.66. The van der Waals surface area contributed by atoms with Gasteiger partial charge < -0.3 is 10.1 Å². The number of hydrogen-bond acceptors (Lipinski definition) is 2. The molecule has 94 valence electrons. The lowest BCUT2D eigenvalue weighted by Crippen LogP contribution is -2.32. The van der Waals surface area contributed by atoms with E-state index in [-0.39, 0.29) is 6.61 Å². The first-order valence-corrected chi connectivity index (χ1v) is 6.12. The van der Waals surface area contributed by atoms with Crippen molar-refractivity contribution in [2.24, 2.45) is 17.3 Å². The predicted octanol–water partition coefficient (Wildman–Crippen LogP) is 2.29. The van der Waals surface area contributed by atoms with Crippen molar-refractivity contribution >= 4 is 0 Å². The van der Waals surface area contributed by atoms with Crippen LogP contribution in [0.2, 0.25) is 0 Å². The van der Waals surface area contributed by atoms with Crippen molar-refractivity contribution in [3.8, 4) is 0 Å². The molecule has 1 aliphatic carbocycles. The van der Waals surface area contributed by atoms with Gasteiger partial charge in [-0.25, -0.2) is 8.78 Å². The van der Waals surface area contributed by atoms with Crippen LogP contribution in [0.3, 0.4) is 0 Å². The van der Waals surface area contributed by atoms with E-state index in [1.807, 2.05) is 0 Å². The molecule has 1 saturated carbocycles. The molecule has 0 aromatic carbocycles. The van der Waals surface area contributed by atoms with Crippen LogP contribution in [-0.4, -0.2) is 32.2 Å². The highest BCUT2D eigenvalue weighted by Gasteiger charge is 2.74. The molecular weight excluding hydrogens is 212 g/mol. The van der Waals surface area contributed by atoms with Crippen LogP contribution in [0.25, 0.3) is 0 Å². The van der Waals surface area contributed by atoms with Crippen LogP contribution in [0.4, 0.5) is 8.78 Å². The van der Waals surface area contributed by atoms with Crippen LogP contribution in [0.5, 0.6) is 0 Å². The molecule has 0 aromatic heterocycles. The van der Waals surface area contributed by atoms with E-state index in [2.05, 4.69) is 5.32 Å². The van der Waals surface area contributed by atoms with Gasteiger partial charge in [-0.1, -0.05) is 13.8 Å². The van der Waals surface area contributed by atoms with Crippen molar-refractivity contribution in [2.75, 3.05) is 26.3 Å². The van der Waals surface area contributed by atoms with Crippen LogP contribution < -0.4 is 5.32 Å². The van der Waals surface area contributed by atoms with Gasteiger partial charge in [0.25, 0.3) is 5.92 Å². The first-order valence-electron chi connectivity index (χ1n) is 6.12. The number of alkyl halides is 2. The normalized spacial score (nSPS) is 36.0. The van der Waals surface area contributed by atoms with E-state index >= 15 is 0 Å². The van der Waals surface area contributed by atoms with E-state index in [1.54, 1.807) is 13.8 Å². The molecule has 2 atom stereocenters. The lowest BCUT2D eigenvalue weighted by atomic mass is 10.0. The summed E-state index contributed by atoms with van der Waals surface area (Å²) < 4.78 is 31.9. The molecular formula is C12H21F2NO. The van der Waals surface area contributed by atoms with E-state index in [0.717, 1.165) is 19.5 Å². The number of nitrogens with one attached hydrogen (secondary N) is 1. The third-order valence-electron chi connectivity index (χ3n) is 4.12. The summed E-state index contributed by atoms with van der Waals surface area (Å²) in [5, 5.41) is 3.29. The predicted molar refractivity (Wildman–Crippen MR) is 58.6 cm³/mol. The van der Waals surface area contributed by atoms with Crippen LogP contribution in [-0.2, 0) is 4.74 Å². The molecule has 2 unspecified atom stereocenters. The SMILES string of the molecule is CC1(C)C(COCC2CCCNC2)C1(F)F. The zero-order valence-corrected chi connectivity index (χ0v) is 10.1. The van der Waals surface area contributed by atoms with Gasteiger partial charge in [0.2, 0.25) is 0 Å². The number of rotatable bonds is 4. The summed E-state index contributed by atoms with van der Waals surface area (Å²) in [6.45, 7) is 6.09. The summed E-state index contributed by atoms with van der Waals surface area (Å²) in [5.41, 5.74) is -0.863. The van der Waals surface area contributed by atoms with Crippen LogP contribution in [0.1, 0.15) is 26.7 Å². The lowest BCUT2D eigenvalue weighted by Gasteiger charge is -2.22. The minimum Gasteiger partial charge on any atom is -0.381 e. The Kier molecular flexibility index (Phi) is 3.23. The van der Waals surface area contributed by atoms with Crippen molar-refractivity contribution in [1.29, 1.82) is 0 Å². The molecule has 1 saturated heterocycles. The van der Waals surface area contributed by atoms with E-state index in [0.29, 0.717) is 12.5 Å². The highest BCUT2D eigenvalue weighted by Crippen LogP contribution is 2.65. The first-order chi connectivity index (χ1) is 7.46. The average molecular weight is 233 g/mol. The highest BCUT2D eigenvalue weighted by molar-refractivity contribution is 5.12. The van der Waals surface area contributed by atoms with Crippen LogP contribution in [0.15, 0.2) is 0 Å². The summed E-state index contributed by atoms with van der Waals surface area (Å²) >= 11 is 0. The molecule has 2 nitrogen and oxygen atoms in total. The highest BCUT2D eigenvalue weighted by atomic mass is 19.3. The summed E-state index contributed by atoms with van der Waals surface area (Å²) in [5.74, 6) is -2.61. The molecule has 0 spiro atoms. The molecule has 1 heterocycles. The molecule has 4 heteroatoms. The Morgan fingerprint density at radius 1 is 1.31 bits per heavy atom. The maximum atomic E-state index is 13.2. The van der Waals surface area contributed by atoms with Crippen molar-refractivity contribution in [3.63, 3.8) is 0 Å². The maximum Gasteiger partial charge on any atom is 0.259 e. The molecule has 2 aliphatic rings. The van der Waals surface area contributed by atoms with Crippen molar-refractivity contribution in [1.82, 2.24) is 5.32 Å². The number of hydrogen-bond donors (Lipinski definition) is 1. The second-order valence-electron chi connectivity index (χ2n) is 5.65. The standard InChI is InChI=1S/C12H21F2NO/c1-11(2)10(12(11,13)14)8-16-7-9-4-3-5-15-6-9/h9-10,15H,3-8H2,1-2H3. The summed E-state index contributed by atoms with van der Waals surface area (Å²) in [7, 11) is 0. The lowest BCUT2D eigenvalue weighted by molar-refractivity contribution is 0.0344. The van der Waals surface area contributed by atoms with Crippen molar-refractivity contribution in [3.05, 3.63) is 0 Å². The second-order valence-corrected chi connectivity index (χ2v) is 5.65. The minimum absolute atomic E-state index is 0.205. The van der Waals surface area contributed by atoms with Gasteiger partial charge in [0.1, 0.15) is 0 Å².